The largest absolute Gasteiger partial charge is 0.267 e. The summed E-state index contributed by atoms with van der Waals surface area (Å²) in [5.41, 5.74) is 0. The lowest BCUT2D eigenvalue weighted by atomic mass is 10.6. The monoisotopic (exact) mass is 174 g/mol. The molecular formula is C6H14N4O2. The van der Waals surface area contributed by atoms with Crippen molar-refractivity contribution in [2.45, 2.75) is 13.8 Å². The SMILES string of the molecule is CC=CN(CN(N)CC)[N+](=O)[O-]. The van der Waals surface area contributed by atoms with Crippen LogP contribution in [0.1, 0.15) is 13.8 Å². The Kier molecular flexibility index (Phi) is 4.98. The molecule has 0 aliphatic heterocycles. The van der Waals surface area contributed by atoms with Gasteiger partial charge in [0.25, 0.3) is 0 Å². The van der Waals surface area contributed by atoms with Crippen LogP contribution in [0.4, 0.5) is 0 Å². The smallest absolute Gasteiger partial charge is 0.165 e. The Labute approximate surface area is 71.3 Å². The van der Waals surface area contributed by atoms with Crippen molar-refractivity contribution in [3.8, 4) is 0 Å². The molecule has 0 aromatic carbocycles. The van der Waals surface area contributed by atoms with Crippen LogP contribution in [0.15, 0.2) is 12.3 Å². The van der Waals surface area contributed by atoms with E-state index < -0.39 is 5.03 Å². The molecule has 0 fully saturated rings. The summed E-state index contributed by atoms with van der Waals surface area (Å²) in [6.07, 6.45) is 2.96. The Morgan fingerprint density at radius 2 is 2.25 bits per heavy atom. The molecule has 0 aromatic heterocycles. The molecule has 70 valence electrons. The summed E-state index contributed by atoms with van der Waals surface area (Å²) in [6, 6.07) is 0. The van der Waals surface area contributed by atoms with E-state index in [9.17, 15) is 10.1 Å². The van der Waals surface area contributed by atoms with Gasteiger partial charge in [-0.25, -0.2) is 15.1 Å². The van der Waals surface area contributed by atoms with Gasteiger partial charge in [-0.05, 0) is 6.92 Å². The molecule has 0 amide bonds. The average molecular weight is 174 g/mol. The molecule has 0 aliphatic rings. The highest BCUT2D eigenvalue weighted by Gasteiger charge is 2.11. The molecular weight excluding hydrogens is 160 g/mol. The second kappa shape index (κ2) is 5.50. The van der Waals surface area contributed by atoms with E-state index in [1.807, 2.05) is 6.92 Å². The Morgan fingerprint density at radius 1 is 1.67 bits per heavy atom. The molecule has 0 saturated carbocycles. The van der Waals surface area contributed by atoms with Crippen LogP contribution in [0.3, 0.4) is 0 Å². The number of rotatable bonds is 5. The summed E-state index contributed by atoms with van der Waals surface area (Å²) in [5.74, 6) is 5.40. The predicted octanol–water partition coefficient (Wildman–Crippen LogP) is 0.167. The first kappa shape index (κ1) is 10.9. The van der Waals surface area contributed by atoms with Crippen LogP contribution < -0.4 is 5.84 Å². The molecule has 0 rings (SSSR count). The molecule has 6 heteroatoms. The lowest BCUT2D eigenvalue weighted by Crippen LogP contribution is -2.42. The third-order valence-corrected chi connectivity index (χ3v) is 1.26. The number of hydrogen-bond acceptors (Lipinski definition) is 4. The molecule has 0 spiro atoms. The third kappa shape index (κ3) is 3.89. The third-order valence-electron chi connectivity index (χ3n) is 1.26. The maximum Gasteiger partial charge on any atom is 0.165 e. The van der Waals surface area contributed by atoms with Crippen LogP contribution >= 0.6 is 0 Å². The maximum absolute atomic E-state index is 10.3. The van der Waals surface area contributed by atoms with E-state index >= 15 is 0 Å². The maximum atomic E-state index is 10.3. The van der Waals surface area contributed by atoms with E-state index in [2.05, 4.69) is 0 Å². The van der Waals surface area contributed by atoms with Gasteiger partial charge in [-0.2, -0.15) is 0 Å². The van der Waals surface area contributed by atoms with E-state index in [1.54, 1.807) is 13.0 Å². The van der Waals surface area contributed by atoms with Crippen LogP contribution in [0, 0.1) is 10.1 Å². The molecule has 0 saturated heterocycles. The number of allylic oxidation sites excluding steroid dienone is 1. The minimum absolute atomic E-state index is 0.0911. The summed E-state index contributed by atoms with van der Waals surface area (Å²) < 4.78 is 0. The Morgan fingerprint density at radius 3 is 2.58 bits per heavy atom. The Bertz CT molecular complexity index is 171. The molecule has 0 aliphatic carbocycles. The number of hydrazine groups is 2. The van der Waals surface area contributed by atoms with Crippen molar-refractivity contribution in [3.63, 3.8) is 0 Å². The lowest BCUT2D eigenvalue weighted by molar-refractivity contribution is -0.644. The number of nitrogens with two attached hydrogens (primary N) is 1. The highest BCUT2D eigenvalue weighted by atomic mass is 16.7. The zero-order chi connectivity index (χ0) is 9.56. The zero-order valence-corrected chi connectivity index (χ0v) is 7.30. The second-order valence-corrected chi connectivity index (χ2v) is 2.21. The molecule has 0 aromatic rings. The first-order valence-electron chi connectivity index (χ1n) is 3.65. The Hall–Kier alpha value is -1.14. The van der Waals surface area contributed by atoms with E-state index in [-0.39, 0.29) is 6.67 Å². The minimum Gasteiger partial charge on any atom is -0.267 e. The van der Waals surface area contributed by atoms with Gasteiger partial charge >= 0.3 is 0 Å². The average Bonchev–Trinajstić information content (AvgIpc) is 2.03. The Balaban J connectivity index is 4.04. The van der Waals surface area contributed by atoms with E-state index in [4.69, 9.17) is 5.84 Å². The standard InChI is InChI=1S/C6H14N4O2/c1-3-5-9(10(11)12)6-8(7)4-2/h3,5H,4,6-7H2,1-2H3. The summed E-state index contributed by atoms with van der Waals surface area (Å²) in [5, 5.41) is 12.1. The molecule has 0 unspecified atom stereocenters. The van der Waals surface area contributed by atoms with E-state index in [1.165, 1.54) is 11.2 Å². The van der Waals surface area contributed by atoms with Gasteiger partial charge in [0.1, 0.15) is 6.67 Å². The zero-order valence-electron chi connectivity index (χ0n) is 7.30. The fraction of sp³-hybridized carbons (Fsp3) is 0.667. The van der Waals surface area contributed by atoms with Crippen molar-refractivity contribution in [1.29, 1.82) is 0 Å². The topological polar surface area (TPSA) is 75.6 Å². The number of hydrogen-bond donors (Lipinski definition) is 1. The molecule has 0 bridgehead atoms. The van der Waals surface area contributed by atoms with Crippen molar-refractivity contribution < 1.29 is 5.03 Å². The molecule has 12 heavy (non-hydrogen) atoms. The van der Waals surface area contributed by atoms with Gasteiger partial charge in [0.05, 0.1) is 6.20 Å². The summed E-state index contributed by atoms with van der Waals surface area (Å²) in [6.45, 7) is 4.20. The quantitative estimate of drug-likeness (QED) is 0.278. The van der Waals surface area contributed by atoms with Crippen molar-refractivity contribution in [1.82, 2.24) is 10.0 Å². The molecule has 6 nitrogen and oxygen atoms in total. The lowest BCUT2D eigenvalue weighted by Gasteiger charge is -2.16. The second-order valence-electron chi connectivity index (χ2n) is 2.21. The highest BCUT2D eigenvalue weighted by Crippen LogP contribution is 1.91. The van der Waals surface area contributed by atoms with Crippen molar-refractivity contribution >= 4 is 0 Å². The van der Waals surface area contributed by atoms with Gasteiger partial charge < -0.3 is 0 Å². The van der Waals surface area contributed by atoms with Gasteiger partial charge in [-0.1, -0.05) is 18.0 Å². The molecule has 0 heterocycles. The van der Waals surface area contributed by atoms with Crippen LogP contribution in [-0.4, -0.2) is 28.3 Å². The number of nitro groups is 1. The van der Waals surface area contributed by atoms with Crippen molar-refractivity contribution in [2.24, 2.45) is 5.84 Å². The van der Waals surface area contributed by atoms with Gasteiger partial charge in [0.15, 0.2) is 5.03 Å². The van der Waals surface area contributed by atoms with Crippen LogP contribution in [-0.2, 0) is 0 Å². The normalized spacial score (nSPS) is 11.0. The van der Waals surface area contributed by atoms with Gasteiger partial charge in [-0.3, -0.25) is 5.84 Å². The van der Waals surface area contributed by atoms with Crippen molar-refractivity contribution in [3.05, 3.63) is 22.4 Å². The van der Waals surface area contributed by atoms with Crippen molar-refractivity contribution in [2.75, 3.05) is 13.2 Å². The fourth-order valence-corrected chi connectivity index (χ4v) is 0.611. The summed E-state index contributed by atoms with van der Waals surface area (Å²) in [7, 11) is 0. The highest BCUT2D eigenvalue weighted by molar-refractivity contribution is 4.72. The minimum atomic E-state index is -0.504. The molecule has 0 radical (unpaired) electrons. The van der Waals surface area contributed by atoms with E-state index in [0.717, 1.165) is 5.01 Å². The van der Waals surface area contributed by atoms with Crippen LogP contribution in [0.2, 0.25) is 0 Å². The van der Waals surface area contributed by atoms with Crippen LogP contribution in [0.5, 0.6) is 0 Å². The molecule has 2 N–H and O–H groups in total. The van der Waals surface area contributed by atoms with Gasteiger partial charge in [0.2, 0.25) is 0 Å². The molecule has 0 atom stereocenters. The van der Waals surface area contributed by atoms with E-state index in [0.29, 0.717) is 6.54 Å². The predicted molar refractivity (Wildman–Crippen MR) is 45.1 cm³/mol. The van der Waals surface area contributed by atoms with Gasteiger partial charge in [-0.15, -0.1) is 0 Å². The first-order valence-corrected chi connectivity index (χ1v) is 3.65. The summed E-state index contributed by atoms with van der Waals surface area (Å²) >= 11 is 0. The number of nitrogens with zero attached hydrogens (tertiary/aromatic N) is 3. The summed E-state index contributed by atoms with van der Waals surface area (Å²) in [4.78, 5) is 10.3. The first-order chi connectivity index (χ1) is 5.61. The fourth-order valence-electron chi connectivity index (χ4n) is 0.611. The van der Waals surface area contributed by atoms with Gasteiger partial charge in [0, 0.05) is 6.54 Å². The van der Waals surface area contributed by atoms with Crippen LogP contribution in [0.25, 0.3) is 0 Å².